The molecule has 0 saturated carbocycles. The van der Waals surface area contributed by atoms with Crippen LogP contribution in [0.5, 0.6) is 11.5 Å². The number of guanidine groups is 1. The molecule has 12 heteroatoms. The van der Waals surface area contributed by atoms with Gasteiger partial charge in [0.25, 0.3) is 10.1 Å². The van der Waals surface area contributed by atoms with Crippen LogP contribution in [-0.4, -0.2) is 58.8 Å². The molecule has 0 aromatic heterocycles. The lowest BCUT2D eigenvalue weighted by molar-refractivity contribution is -0.0131. The lowest BCUT2D eigenvalue weighted by Gasteiger charge is -2.41. The summed E-state index contributed by atoms with van der Waals surface area (Å²) in [6.45, 7) is 1.85. The van der Waals surface area contributed by atoms with Crippen LogP contribution >= 0.6 is 0 Å². The Morgan fingerprint density at radius 3 is 2.42 bits per heavy atom. The summed E-state index contributed by atoms with van der Waals surface area (Å²) in [7, 11) is -4.60. The predicted octanol–water partition coefficient (Wildman–Crippen LogP) is 5.75. The van der Waals surface area contributed by atoms with Crippen LogP contribution in [0.4, 0.5) is 0 Å². The topological polar surface area (TPSA) is 198 Å². The molecule has 9 atom stereocenters. The number of benzene rings is 3. The van der Waals surface area contributed by atoms with E-state index >= 15 is 0 Å². The maximum absolute atomic E-state index is 13.8. The van der Waals surface area contributed by atoms with Crippen molar-refractivity contribution in [3.8, 4) is 23.3 Å². The van der Waals surface area contributed by atoms with Gasteiger partial charge in [-0.05, 0) is 103 Å². The summed E-state index contributed by atoms with van der Waals surface area (Å²) < 4.78 is 52.4. The molecule has 8 bridgehead atoms. The molecule has 6 heterocycles. The van der Waals surface area contributed by atoms with Crippen LogP contribution in [0.2, 0.25) is 0 Å². The van der Waals surface area contributed by atoms with E-state index in [9.17, 15) is 28.3 Å². The summed E-state index contributed by atoms with van der Waals surface area (Å²) >= 11 is 0. The van der Waals surface area contributed by atoms with Gasteiger partial charge < -0.3 is 36.3 Å². The van der Waals surface area contributed by atoms with Crippen molar-refractivity contribution in [2.45, 2.75) is 93.3 Å². The highest BCUT2D eigenvalue weighted by atomic mass is 32.2. The Balaban J connectivity index is 1.45. The maximum Gasteiger partial charge on any atom is 0.268 e. The number of fused-ring (bicyclic) bond motifs is 7. The monoisotopic (exact) mass is 769 g/mol. The first-order chi connectivity index (χ1) is 26.4. The molecule has 0 unspecified atom stereocenters. The average Bonchev–Trinajstić information content (AvgIpc) is 3.29. The fourth-order valence-electron chi connectivity index (χ4n) is 9.47. The quantitative estimate of drug-likeness (QED) is 0.0566. The number of aliphatic hydroxyl groups excluding tert-OH is 2. The van der Waals surface area contributed by atoms with Gasteiger partial charge in [-0.1, -0.05) is 67.3 Å². The van der Waals surface area contributed by atoms with Gasteiger partial charge in [-0.2, -0.15) is 8.42 Å². The van der Waals surface area contributed by atoms with Crippen LogP contribution in [0.3, 0.4) is 0 Å². The van der Waals surface area contributed by atoms with Crippen molar-refractivity contribution < 1.29 is 37.8 Å². The van der Waals surface area contributed by atoms with Crippen molar-refractivity contribution in [3.05, 3.63) is 106 Å². The third-order valence-electron chi connectivity index (χ3n) is 12.0. The summed E-state index contributed by atoms with van der Waals surface area (Å²) in [4.78, 5) is 4.62. The molecular weight excluding hydrogens is 719 g/mol. The average molecular weight is 770 g/mol. The van der Waals surface area contributed by atoms with Gasteiger partial charge in [-0.3, -0.25) is 4.55 Å². The molecule has 1 aliphatic carbocycles. The number of hydrogen-bond donors (Lipinski definition) is 6. The van der Waals surface area contributed by atoms with E-state index in [0.717, 1.165) is 22.3 Å². The number of allylic oxidation sites excluding steroid dienone is 1. The normalized spacial score (nSPS) is 30.1. The molecule has 8 N–H and O–H groups in total. The first kappa shape index (κ1) is 38.9. The lowest BCUT2D eigenvalue weighted by Crippen LogP contribution is -2.39. The van der Waals surface area contributed by atoms with Crippen molar-refractivity contribution in [1.29, 1.82) is 0 Å². The van der Waals surface area contributed by atoms with Crippen LogP contribution in [0, 0.1) is 29.6 Å². The number of phenolic OH excluding ortho intramolecular Hbond substituents is 1. The number of aliphatic imine (C=N–C) groups is 1. The zero-order valence-electron chi connectivity index (χ0n) is 31.1. The third-order valence-corrected chi connectivity index (χ3v) is 13.3. The second-order valence-electron chi connectivity index (χ2n) is 15.6. The first-order valence-electron chi connectivity index (χ1n) is 19.3. The lowest BCUT2D eigenvalue weighted by atomic mass is 9.65. The van der Waals surface area contributed by atoms with E-state index in [1.165, 1.54) is 0 Å². The van der Waals surface area contributed by atoms with Gasteiger partial charge in [-0.15, -0.1) is 0 Å². The molecule has 1 saturated heterocycles. The smallest absolute Gasteiger partial charge is 0.268 e. The van der Waals surface area contributed by atoms with Gasteiger partial charge in [0.1, 0.15) is 17.6 Å². The standard InChI is InChI=1S/C43H51N3O8S/c1-2-27-24-39(55(50,51)52)38-23-32-20-31(22-36-19-26(25-48)5-3-6-30-21-34(49)13-16-37(30)41(32)53-36)40(38)29-7-11-33(12-8-29)43(17-4-18-47,46-42(44)45)54-35-14-9-28(27)10-15-35/h7-16,21,23,26-27,31,36,38-41,47-49H,2,4-5,17-20,22,24-25H2,1H3,(H4,44,45,46)(H,50,51,52)/t26-,27+,31+,36-,38-,39-,40+,41-,43-/m1/s1. The van der Waals surface area contributed by atoms with Crippen LogP contribution in [0.15, 0.2) is 83.4 Å². The molecule has 0 spiro atoms. The van der Waals surface area contributed by atoms with Crippen molar-refractivity contribution in [3.63, 3.8) is 0 Å². The highest BCUT2D eigenvalue weighted by molar-refractivity contribution is 7.86. The Hall–Kier alpha value is -4.38. The minimum absolute atomic E-state index is 0.0625. The summed E-state index contributed by atoms with van der Waals surface area (Å²) in [6, 6.07) is 20.3. The SMILES string of the molecule is CC[C@H]1C[C@@H](S(=O)(=O)O)[C@H]2C=C3C[C@@H](C[C@H]4C[C@H](CO)CC#Cc5cc(O)ccc5[C@@H]3O4)[C@@H]2c2ccc(cc2)[C@](CCCO)(N=C(N)N)Oc2ccc1cc2. The van der Waals surface area contributed by atoms with E-state index in [0.29, 0.717) is 55.4 Å². The maximum atomic E-state index is 13.8. The Bertz CT molecular complexity index is 2090. The number of hydrogen-bond acceptors (Lipinski definition) is 8. The number of nitrogens with two attached hydrogens (primary N) is 2. The highest BCUT2D eigenvalue weighted by Gasteiger charge is 2.48. The summed E-state index contributed by atoms with van der Waals surface area (Å²) in [5.41, 5.74) is 15.4. The molecule has 10 rings (SSSR count). The minimum Gasteiger partial charge on any atom is -0.508 e. The number of nitrogens with zero attached hydrogens (tertiary/aromatic N) is 1. The summed E-state index contributed by atoms with van der Waals surface area (Å²) in [6.07, 6.45) is 4.82. The van der Waals surface area contributed by atoms with E-state index < -0.39 is 33.1 Å². The van der Waals surface area contributed by atoms with Crippen LogP contribution < -0.4 is 16.2 Å². The van der Waals surface area contributed by atoms with Crippen molar-refractivity contribution in [2.24, 2.45) is 34.2 Å². The molecule has 3 aromatic rings. The van der Waals surface area contributed by atoms with Gasteiger partial charge in [-0.25, -0.2) is 4.99 Å². The largest absolute Gasteiger partial charge is 0.508 e. The third kappa shape index (κ3) is 8.13. The Morgan fingerprint density at radius 1 is 1.00 bits per heavy atom. The van der Waals surface area contributed by atoms with E-state index in [2.05, 4.69) is 16.8 Å². The van der Waals surface area contributed by atoms with Gasteiger partial charge in [0.2, 0.25) is 5.72 Å². The van der Waals surface area contributed by atoms with Crippen molar-refractivity contribution >= 4 is 16.1 Å². The number of rotatable bonds is 7. The molecule has 3 aromatic carbocycles. The van der Waals surface area contributed by atoms with Gasteiger partial charge in [0.15, 0.2) is 5.96 Å². The highest BCUT2D eigenvalue weighted by Crippen LogP contribution is 2.54. The summed E-state index contributed by atoms with van der Waals surface area (Å²) in [5.74, 6) is 5.40. The zero-order valence-corrected chi connectivity index (χ0v) is 31.9. The molecule has 7 aliphatic rings. The Labute approximate surface area is 323 Å². The van der Waals surface area contributed by atoms with Gasteiger partial charge in [0, 0.05) is 48.7 Å². The minimum atomic E-state index is -4.60. The fraction of sp³-hybridized carbons (Fsp3) is 0.465. The van der Waals surface area contributed by atoms with Gasteiger partial charge in [0.05, 0.1) is 11.4 Å². The van der Waals surface area contributed by atoms with Gasteiger partial charge >= 0.3 is 0 Å². The molecule has 11 nitrogen and oxygen atoms in total. The van der Waals surface area contributed by atoms with E-state index in [1.54, 1.807) is 12.1 Å². The first-order valence-corrected chi connectivity index (χ1v) is 20.8. The van der Waals surface area contributed by atoms with E-state index in [1.807, 2.05) is 67.6 Å². The molecule has 0 amide bonds. The number of phenols is 1. The van der Waals surface area contributed by atoms with Crippen LogP contribution in [0.1, 0.15) is 104 Å². The Kier molecular flexibility index (Phi) is 11.3. The predicted molar refractivity (Wildman–Crippen MR) is 210 cm³/mol. The van der Waals surface area contributed by atoms with Crippen molar-refractivity contribution in [2.75, 3.05) is 13.2 Å². The number of aliphatic hydroxyl groups is 2. The Morgan fingerprint density at radius 2 is 1.75 bits per heavy atom. The zero-order chi connectivity index (χ0) is 38.9. The molecule has 1 fully saturated rings. The van der Waals surface area contributed by atoms with E-state index in [-0.39, 0.29) is 67.5 Å². The molecule has 292 valence electrons. The number of ether oxygens (including phenoxy) is 2. The molecule has 6 aliphatic heterocycles. The molecule has 55 heavy (non-hydrogen) atoms. The molecular formula is C43H51N3O8S. The van der Waals surface area contributed by atoms with Crippen LogP contribution in [-0.2, 0) is 20.6 Å². The molecule has 0 radical (unpaired) electrons. The number of aromatic hydroxyl groups is 1. The van der Waals surface area contributed by atoms with Crippen LogP contribution in [0.25, 0.3) is 0 Å². The fourth-order valence-corrected chi connectivity index (χ4v) is 10.6. The summed E-state index contributed by atoms with van der Waals surface area (Å²) in [5, 5.41) is 29.6. The second-order valence-corrected chi connectivity index (χ2v) is 17.2. The van der Waals surface area contributed by atoms with Crippen molar-refractivity contribution in [1.82, 2.24) is 0 Å². The second kappa shape index (κ2) is 16.0. The van der Waals surface area contributed by atoms with E-state index in [4.69, 9.17) is 20.9 Å².